The molecule has 0 radical (unpaired) electrons. The molecular weight excluding hydrogens is 400 g/mol. The second-order valence-corrected chi connectivity index (χ2v) is 7.38. The fourth-order valence-electron chi connectivity index (χ4n) is 3.46. The Hall–Kier alpha value is -4.32. The molecule has 6 nitrogen and oxygen atoms in total. The summed E-state index contributed by atoms with van der Waals surface area (Å²) in [7, 11) is 0. The summed E-state index contributed by atoms with van der Waals surface area (Å²) >= 11 is 0. The summed E-state index contributed by atoms with van der Waals surface area (Å²) in [6, 6.07) is 26.7. The minimum Gasteiger partial charge on any atom is -0.489 e. The van der Waals surface area contributed by atoms with Crippen LogP contribution in [0.1, 0.15) is 22.3 Å². The zero-order valence-electron chi connectivity index (χ0n) is 17.5. The van der Waals surface area contributed by atoms with Gasteiger partial charge in [-0.1, -0.05) is 36.4 Å². The van der Waals surface area contributed by atoms with Crippen LogP contribution in [0.15, 0.2) is 84.9 Å². The minimum atomic E-state index is 0.0372. The lowest BCUT2D eigenvalue weighted by atomic mass is 10.0. The minimum absolute atomic E-state index is 0.0372. The van der Waals surface area contributed by atoms with Crippen LogP contribution in [0, 0.1) is 10.8 Å². The molecule has 32 heavy (non-hydrogen) atoms. The summed E-state index contributed by atoms with van der Waals surface area (Å²) in [6.07, 6.45) is 0. The highest BCUT2D eigenvalue weighted by Gasteiger charge is 2.08. The van der Waals surface area contributed by atoms with Gasteiger partial charge in [0, 0.05) is 11.1 Å². The first-order valence-electron chi connectivity index (χ1n) is 10.2. The normalized spacial score (nSPS) is 10.6. The fraction of sp³-hybridized carbons (Fsp3) is 0.0769. The Balaban J connectivity index is 1.49. The predicted molar refractivity (Wildman–Crippen MR) is 128 cm³/mol. The molecule has 0 aliphatic carbocycles. The van der Waals surface area contributed by atoms with E-state index in [2.05, 4.69) is 24.3 Å². The van der Waals surface area contributed by atoms with Crippen molar-refractivity contribution in [3.8, 4) is 11.5 Å². The van der Waals surface area contributed by atoms with Gasteiger partial charge in [0.25, 0.3) is 0 Å². The van der Waals surface area contributed by atoms with Gasteiger partial charge >= 0.3 is 0 Å². The van der Waals surface area contributed by atoms with Crippen molar-refractivity contribution in [3.63, 3.8) is 0 Å². The highest BCUT2D eigenvalue weighted by molar-refractivity contribution is 5.95. The molecule has 0 bridgehead atoms. The number of benzene rings is 4. The molecule has 4 aromatic rings. The Labute approximate surface area is 186 Å². The third kappa shape index (κ3) is 4.70. The largest absolute Gasteiger partial charge is 0.489 e. The molecular formula is C26H24N4O2. The molecule has 4 rings (SSSR count). The molecule has 0 saturated carbocycles. The highest BCUT2D eigenvalue weighted by atomic mass is 16.5. The molecule has 0 aliphatic heterocycles. The number of hydrogen-bond donors (Lipinski definition) is 4. The molecule has 160 valence electrons. The van der Waals surface area contributed by atoms with Crippen LogP contribution < -0.4 is 20.9 Å². The summed E-state index contributed by atoms with van der Waals surface area (Å²) in [4.78, 5) is 0. The quantitative estimate of drug-likeness (QED) is 0.245. The second-order valence-electron chi connectivity index (χ2n) is 7.38. The van der Waals surface area contributed by atoms with Gasteiger partial charge in [0.2, 0.25) is 0 Å². The van der Waals surface area contributed by atoms with E-state index >= 15 is 0 Å². The molecule has 0 atom stereocenters. The van der Waals surface area contributed by atoms with Gasteiger partial charge in [-0.3, -0.25) is 10.8 Å². The maximum absolute atomic E-state index is 7.48. The summed E-state index contributed by atoms with van der Waals surface area (Å²) in [6.45, 7) is 0.848. The lowest BCUT2D eigenvalue weighted by Crippen LogP contribution is -2.10. The second kappa shape index (κ2) is 9.22. The molecule has 0 saturated heterocycles. The summed E-state index contributed by atoms with van der Waals surface area (Å²) in [5.41, 5.74) is 14.5. The SMILES string of the molecule is N=C(N)c1ccc(OCc2ccc(COc3ccc(C(=N)N)cc3)c3ccccc23)cc1. The van der Waals surface area contributed by atoms with Gasteiger partial charge in [-0.2, -0.15) is 0 Å². The Morgan fingerprint density at radius 3 is 1.28 bits per heavy atom. The van der Waals surface area contributed by atoms with Crippen LogP contribution in [0.2, 0.25) is 0 Å². The first kappa shape index (κ1) is 20.9. The first-order chi connectivity index (χ1) is 15.5. The number of nitrogens with one attached hydrogen (secondary N) is 2. The number of hydrogen-bond acceptors (Lipinski definition) is 4. The number of nitrogen functional groups attached to an aromatic ring is 2. The molecule has 6 heteroatoms. The smallest absolute Gasteiger partial charge is 0.122 e. The van der Waals surface area contributed by atoms with E-state index in [9.17, 15) is 0 Å². The Bertz CT molecular complexity index is 1170. The number of ether oxygens (including phenoxy) is 2. The number of fused-ring (bicyclic) bond motifs is 1. The van der Waals surface area contributed by atoms with Crippen LogP contribution in [0.3, 0.4) is 0 Å². The number of rotatable bonds is 8. The highest BCUT2D eigenvalue weighted by Crippen LogP contribution is 2.26. The standard InChI is InChI=1S/C26H24N4O2/c27-25(28)17-7-11-21(12-8-17)31-15-19-5-6-20(24-4-2-1-3-23(19)24)16-32-22-13-9-18(10-14-22)26(29)30/h1-14H,15-16H2,(H3,27,28)(H3,29,30). The van der Waals surface area contributed by atoms with Crippen molar-refractivity contribution in [2.24, 2.45) is 11.5 Å². The lowest BCUT2D eigenvalue weighted by Gasteiger charge is -2.14. The van der Waals surface area contributed by atoms with E-state index in [4.69, 9.17) is 31.8 Å². The van der Waals surface area contributed by atoms with E-state index in [0.717, 1.165) is 33.4 Å². The van der Waals surface area contributed by atoms with Crippen LogP contribution in [0.4, 0.5) is 0 Å². The Morgan fingerprint density at radius 1 is 0.562 bits per heavy atom. The molecule has 4 aromatic carbocycles. The molecule has 0 spiro atoms. The van der Waals surface area contributed by atoms with Crippen molar-refractivity contribution >= 4 is 22.4 Å². The predicted octanol–water partition coefficient (Wildman–Crippen LogP) is 4.57. The zero-order valence-corrected chi connectivity index (χ0v) is 17.5. The third-order valence-electron chi connectivity index (χ3n) is 5.22. The monoisotopic (exact) mass is 424 g/mol. The van der Waals surface area contributed by atoms with Crippen molar-refractivity contribution in [1.29, 1.82) is 10.8 Å². The number of nitrogens with two attached hydrogens (primary N) is 2. The third-order valence-corrected chi connectivity index (χ3v) is 5.22. The van der Waals surface area contributed by atoms with E-state index in [1.807, 2.05) is 36.4 Å². The maximum Gasteiger partial charge on any atom is 0.122 e. The molecule has 0 heterocycles. The van der Waals surface area contributed by atoms with Gasteiger partial charge in [-0.15, -0.1) is 0 Å². The lowest BCUT2D eigenvalue weighted by molar-refractivity contribution is 0.305. The molecule has 0 amide bonds. The molecule has 6 N–H and O–H groups in total. The van der Waals surface area contributed by atoms with Gasteiger partial charge in [0.1, 0.15) is 36.4 Å². The average Bonchev–Trinajstić information content (AvgIpc) is 2.82. The van der Waals surface area contributed by atoms with E-state index < -0.39 is 0 Å². The van der Waals surface area contributed by atoms with Gasteiger partial charge < -0.3 is 20.9 Å². The Kier molecular flexibility index (Phi) is 6.03. The molecule has 0 aliphatic rings. The van der Waals surface area contributed by atoms with Gasteiger partial charge in [-0.05, 0) is 70.4 Å². The summed E-state index contributed by atoms with van der Waals surface area (Å²) in [5.74, 6) is 1.52. The van der Waals surface area contributed by atoms with Gasteiger partial charge in [-0.25, -0.2) is 0 Å². The summed E-state index contributed by atoms with van der Waals surface area (Å²) < 4.78 is 11.9. The van der Waals surface area contributed by atoms with Crippen LogP contribution >= 0.6 is 0 Å². The zero-order chi connectivity index (χ0) is 22.5. The van der Waals surface area contributed by atoms with E-state index in [0.29, 0.717) is 24.3 Å². The van der Waals surface area contributed by atoms with Gasteiger partial charge in [0.05, 0.1) is 0 Å². The van der Waals surface area contributed by atoms with Crippen LogP contribution in [-0.4, -0.2) is 11.7 Å². The van der Waals surface area contributed by atoms with E-state index in [1.54, 1.807) is 24.3 Å². The van der Waals surface area contributed by atoms with E-state index in [-0.39, 0.29) is 11.7 Å². The van der Waals surface area contributed by atoms with Crippen molar-refractivity contribution in [3.05, 3.63) is 107 Å². The molecule has 0 aromatic heterocycles. The topological polar surface area (TPSA) is 118 Å². The molecule has 0 fully saturated rings. The van der Waals surface area contributed by atoms with Gasteiger partial charge in [0.15, 0.2) is 0 Å². The fourth-order valence-corrected chi connectivity index (χ4v) is 3.46. The Morgan fingerprint density at radius 2 is 0.938 bits per heavy atom. The number of amidine groups is 2. The van der Waals surface area contributed by atoms with Crippen molar-refractivity contribution in [2.45, 2.75) is 13.2 Å². The average molecular weight is 425 g/mol. The molecule has 0 unspecified atom stereocenters. The van der Waals surface area contributed by atoms with Crippen molar-refractivity contribution in [2.75, 3.05) is 0 Å². The van der Waals surface area contributed by atoms with E-state index in [1.165, 1.54) is 0 Å². The van der Waals surface area contributed by atoms with Crippen LogP contribution in [0.5, 0.6) is 11.5 Å². The first-order valence-corrected chi connectivity index (χ1v) is 10.2. The summed E-state index contributed by atoms with van der Waals surface area (Å²) in [5, 5.41) is 17.2. The van der Waals surface area contributed by atoms with Crippen LogP contribution in [0.25, 0.3) is 10.8 Å². The van der Waals surface area contributed by atoms with Crippen molar-refractivity contribution in [1.82, 2.24) is 0 Å². The van der Waals surface area contributed by atoms with Crippen LogP contribution in [-0.2, 0) is 13.2 Å². The van der Waals surface area contributed by atoms with Crippen molar-refractivity contribution < 1.29 is 9.47 Å². The maximum atomic E-state index is 7.48.